The highest BCUT2D eigenvalue weighted by molar-refractivity contribution is 5.82. The summed E-state index contributed by atoms with van der Waals surface area (Å²) in [6, 6.07) is 12.7. The van der Waals surface area contributed by atoms with Gasteiger partial charge in [-0.05, 0) is 50.1 Å². The van der Waals surface area contributed by atoms with Crippen molar-refractivity contribution in [2.75, 3.05) is 36.4 Å². The molecule has 212 valence electrons. The molecule has 5 rings (SSSR count). The Labute approximate surface area is 233 Å². The van der Waals surface area contributed by atoms with Crippen molar-refractivity contribution in [3.05, 3.63) is 75.6 Å². The van der Waals surface area contributed by atoms with Gasteiger partial charge in [0.25, 0.3) is 11.5 Å². The van der Waals surface area contributed by atoms with Crippen LogP contribution in [0.1, 0.15) is 42.8 Å². The second-order valence-corrected chi connectivity index (χ2v) is 10.0. The molecule has 0 radical (unpaired) electrons. The van der Waals surface area contributed by atoms with Crippen LogP contribution in [0, 0.1) is 17.1 Å². The number of likely N-dealkylation sites (tertiary alicyclic amines) is 1. The van der Waals surface area contributed by atoms with Gasteiger partial charge in [-0.15, -0.1) is 0 Å². The van der Waals surface area contributed by atoms with Gasteiger partial charge < -0.3 is 16.8 Å². The molecule has 41 heavy (non-hydrogen) atoms. The van der Waals surface area contributed by atoms with Crippen molar-refractivity contribution < 1.29 is 13.2 Å². The van der Waals surface area contributed by atoms with Crippen LogP contribution in [-0.4, -0.2) is 50.0 Å². The summed E-state index contributed by atoms with van der Waals surface area (Å²) in [6.07, 6.45) is 0.717. The number of nitrogens with two attached hydrogens (primary N) is 2. The molecule has 5 N–H and O–H groups in total. The summed E-state index contributed by atoms with van der Waals surface area (Å²) in [5.41, 5.74) is 12.0. The second-order valence-electron chi connectivity index (χ2n) is 10.0. The maximum absolute atomic E-state index is 15.2. The maximum Gasteiger partial charge on any atom is 0.266 e. The van der Waals surface area contributed by atoms with Gasteiger partial charge in [0.15, 0.2) is 5.82 Å². The van der Waals surface area contributed by atoms with Crippen molar-refractivity contribution in [2.24, 2.45) is 0 Å². The number of alkyl halides is 2. The first-order valence-electron chi connectivity index (χ1n) is 13.1. The number of para-hydroxylation sites is 1. The lowest BCUT2D eigenvalue weighted by Crippen LogP contribution is -2.29. The zero-order valence-corrected chi connectivity index (χ0v) is 22.2. The summed E-state index contributed by atoms with van der Waals surface area (Å²) < 4.78 is 43.8. The summed E-state index contributed by atoms with van der Waals surface area (Å²) in [6.45, 7) is 2.13. The van der Waals surface area contributed by atoms with Crippen molar-refractivity contribution in [3.63, 3.8) is 0 Å². The van der Waals surface area contributed by atoms with Gasteiger partial charge in [-0.25, -0.2) is 18.2 Å². The van der Waals surface area contributed by atoms with E-state index >= 15 is 4.39 Å². The highest BCUT2D eigenvalue weighted by Gasteiger charge is 2.37. The second kappa shape index (κ2) is 11.1. The Bertz CT molecular complexity index is 1700. The number of rotatable bonds is 8. The molecule has 1 atom stereocenters. The first-order valence-corrected chi connectivity index (χ1v) is 13.1. The Kier molecular flexibility index (Phi) is 7.51. The van der Waals surface area contributed by atoms with Crippen LogP contribution >= 0.6 is 0 Å². The average molecular weight is 564 g/mol. The third-order valence-corrected chi connectivity index (χ3v) is 7.08. The third kappa shape index (κ3) is 5.64. The average Bonchev–Trinajstić information content (AvgIpc) is 3.28. The number of aromatic nitrogens is 4. The maximum atomic E-state index is 15.2. The third-order valence-electron chi connectivity index (χ3n) is 7.08. The fraction of sp³-hybridized carbons (Fsp3) is 0.321. The molecule has 0 aliphatic carbocycles. The Morgan fingerprint density at radius 3 is 2.59 bits per heavy atom. The van der Waals surface area contributed by atoms with E-state index in [1.807, 2.05) is 6.07 Å². The summed E-state index contributed by atoms with van der Waals surface area (Å²) in [7, 11) is 0. The lowest BCUT2D eigenvalue weighted by atomic mass is 10.0. The molecule has 0 spiro atoms. The highest BCUT2D eigenvalue weighted by atomic mass is 19.3. The molecule has 2 aromatic heterocycles. The van der Waals surface area contributed by atoms with Crippen molar-refractivity contribution in [2.45, 2.75) is 38.2 Å². The molecule has 1 saturated heterocycles. The summed E-state index contributed by atoms with van der Waals surface area (Å²) in [5.74, 6) is -3.44. The Balaban J connectivity index is 1.58. The molecule has 1 aliphatic heterocycles. The minimum atomic E-state index is -2.69. The van der Waals surface area contributed by atoms with Crippen LogP contribution in [0.3, 0.4) is 0 Å². The number of hydrogen-bond donors (Lipinski definition) is 3. The molecule has 2 aromatic carbocycles. The molecule has 13 heteroatoms. The standard InChI is InChI=1S/C28H28F3N9O/c1-16(35-24-19(14-32)23(33)37-27(34)38-24)25-36-22-20(29)10-9-17(6-5-12-39-13-11-28(30,31)15-39)21(22)26(41)40(25)18-7-3-2-4-8-18/h2-4,7-10,16H,5-6,11-13,15H2,1H3,(H5,33,34,35,37,38). The molecule has 10 nitrogen and oxygen atoms in total. The number of aryl methyl sites for hydroxylation is 1. The fourth-order valence-electron chi connectivity index (χ4n) is 5.13. The first-order chi connectivity index (χ1) is 19.6. The molecule has 1 unspecified atom stereocenters. The fourth-order valence-corrected chi connectivity index (χ4v) is 5.13. The van der Waals surface area contributed by atoms with E-state index in [9.17, 15) is 18.8 Å². The van der Waals surface area contributed by atoms with Crippen LogP contribution < -0.4 is 22.3 Å². The number of nitrogens with one attached hydrogen (secondary N) is 1. The Morgan fingerprint density at radius 2 is 1.90 bits per heavy atom. The normalized spacial score (nSPS) is 15.6. The van der Waals surface area contributed by atoms with E-state index in [1.54, 1.807) is 48.2 Å². The smallest absolute Gasteiger partial charge is 0.266 e. The van der Waals surface area contributed by atoms with Gasteiger partial charge in [-0.1, -0.05) is 24.3 Å². The molecule has 0 bridgehead atoms. The van der Waals surface area contributed by atoms with Crippen LogP contribution in [0.25, 0.3) is 16.6 Å². The van der Waals surface area contributed by atoms with E-state index < -0.39 is 23.3 Å². The largest absolute Gasteiger partial charge is 0.382 e. The Hall–Kier alpha value is -4.70. The van der Waals surface area contributed by atoms with E-state index in [4.69, 9.17) is 11.5 Å². The van der Waals surface area contributed by atoms with E-state index in [-0.39, 0.29) is 52.8 Å². The summed E-state index contributed by atoms with van der Waals surface area (Å²) in [4.78, 5) is 28.3. The van der Waals surface area contributed by atoms with E-state index in [2.05, 4.69) is 20.3 Å². The lowest BCUT2D eigenvalue weighted by molar-refractivity contribution is 0.0122. The number of hydrogen-bond acceptors (Lipinski definition) is 9. The molecule has 0 amide bonds. The SMILES string of the molecule is CC(Nc1nc(N)nc(N)c1C#N)c1nc2c(F)ccc(CCCN3CCC(F)(F)C3)c2c(=O)n1-c1ccccc1. The van der Waals surface area contributed by atoms with Crippen LogP contribution in [0.2, 0.25) is 0 Å². The van der Waals surface area contributed by atoms with Crippen LogP contribution in [-0.2, 0) is 6.42 Å². The molecular formula is C28H28F3N9O. The predicted octanol–water partition coefficient (Wildman–Crippen LogP) is 3.80. The summed E-state index contributed by atoms with van der Waals surface area (Å²) in [5, 5.41) is 12.7. The van der Waals surface area contributed by atoms with Gasteiger partial charge in [0.05, 0.1) is 23.7 Å². The number of anilines is 3. The molecular weight excluding hydrogens is 535 g/mol. The molecule has 4 aromatic rings. The monoisotopic (exact) mass is 563 g/mol. The van der Waals surface area contributed by atoms with Crippen molar-refractivity contribution in [3.8, 4) is 11.8 Å². The zero-order chi connectivity index (χ0) is 29.3. The topological polar surface area (TPSA) is 152 Å². The van der Waals surface area contributed by atoms with Gasteiger partial charge in [0, 0.05) is 13.0 Å². The number of halogens is 3. The molecule has 1 aliphatic rings. The van der Waals surface area contributed by atoms with Gasteiger partial charge in [-0.2, -0.15) is 15.2 Å². The van der Waals surface area contributed by atoms with Gasteiger partial charge >= 0.3 is 0 Å². The van der Waals surface area contributed by atoms with Crippen LogP contribution in [0.15, 0.2) is 47.3 Å². The van der Waals surface area contributed by atoms with Crippen LogP contribution in [0.4, 0.5) is 30.8 Å². The number of nitrogens with zero attached hydrogens (tertiary/aromatic N) is 6. The van der Waals surface area contributed by atoms with Gasteiger partial charge in [-0.3, -0.25) is 14.3 Å². The molecule has 1 fully saturated rings. The van der Waals surface area contributed by atoms with Crippen molar-refractivity contribution in [1.82, 2.24) is 24.4 Å². The quantitative estimate of drug-likeness (QED) is 0.291. The minimum Gasteiger partial charge on any atom is -0.382 e. The first kappa shape index (κ1) is 27.9. The van der Waals surface area contributed by atoms with Gasteiger partial charge in [0.1, 0.15) is 34.6 Å². The number of nitrogen functional groups attached to an aromatic ring is 2. The van der Waals surface area contributed by atoms with Crippen LogP contribution in [0.5, 0.6) is 0 Å². The van der Waals surface area contributed by atoms with E-state index in [0.29, 0.717) is 37.2 Å². The number of benzene rings is 2. The Morgan fingerprint density at radius 1 is 1.15 bits per heavy atom. The molecule has 0 saturated carbocycles. The van der Waals surface area contributed by atoms with Crippen molar-refractivity contribution in [1.29, 1.82) is 5.26 Å². The minimum absolute atomic E-state index is 0.0373. The number of nitriles is 1. The van der Waals surface area contributed by atoms with E-state index in [0.717, 1.165) is 0 Å². The summed E-state index contributed by atoms with van der Waals surface area (Å²) >= 11 is 0. The lowest BCUT2D eigenvalue weighted by Gasteiger charge is -2.21. The van der Waals surface area contributed by atoms with Crippen molar-refractivity contribution >= 4 is 28.5 Å². The number of fused-ring (bicyclic) bond motifs is 1. The zero-order valence-electron chi connectivity index (χ0n) is 22.2. The highest BCUT2D eigenvalue weighted by Crippen LogP contribution is 2.29. The molecule has 3 heterocycles. The predicted molar refractivity (Wildman–Crippen MR) is 149 cm³/mol. The van der Waals surface area contributed by atoms with Gasteiger partial charge in [0.2, 0.25) is 5.95 Å². The van der Waals surface area contributed by atoms with E-state index in [1.165, 1.54) is 10.6 Å².